The summed E-state index contributed by atoms with van der Waals surface area (Å²) in [6, 6.07) is 3.54. The Morgan fingerprint density at radius 3 is 2.47 bits per heavy atom. The highest BCUT2D eigenvalue weighted by atomic mass is 32.1. The Labute approximate surface area is 91.2 Å². The van der Waals surface area contributed by atoms with Gasteiger partial charge in [-0.3, -0.25) is 9.59 Å². The zero-order chi connectivity index (χ0) is 11.4. The van der Waals surface area contributed by atoms with E-state index in [-0.39, 0.29) is 6.42 Å². The first kappa shape index (κ1) is 11.7. The quantitative estimate of drug-likeness (QED) is 0.807. The number of aliphatic carboxylic acids is 2. The van der Waals surface area contributed by atoms with Gasteiger partial charge in [0.25, 0.3) is 0 Å². The summed E-state index contributed by atoms with van der Waals surface area (Å²) in [4.78, 5) is 23.1. The number of carbonyl (C=O) groups is 2. The van der Waals surface area contributed by atoms with Crippen LogP contribution in [0.1, 0.15) is 29.0 Å². The molecule has 0 aliphatic heterocycles. The molecule has 1 atom stereocenters. The van der Waals surface area contributed by atoms with Crippen LogP contribution >= 0.6 is 11.3 Å². The average Bonchev–Trinajstić information content (AvgIpc) is 2.61. The molecule has 4 nitrogen and oxygen atoms in total. The van der Waals surface area contributed by atoms with Gasteiger partial charge in [-0.05, 0) is 18.6 Å². The van der Waals surface area contributed by atoms with E-state index in [1.165, 1.54) is 11.3 Å². The monoisotopic (exact) mass is 228 g/mol. The summed E-state index contributed by atoms with van der Waals surface area (Å²) >= 11 is 1.37. The molecule has 2 N–H and O–H groups in total. The first-order valence-corrected chi connectivity index (χ1v) is 5.39. The van der Waals surface area contributed by atoms with Crippen LogP contribution in [0, 0.1) is 0 Å². The zero-order valence-electron chi connectivity index (χ0n) is 8.27. The molecule has 0 spiro atoms. The molecule has 1 aromatic heterocycles. The molecule has 0 saturated heterocycles. The number of aryl methyl sites for hydroxylation is 1. The van der Waals surface area contributed by atoms with E-state index in [4.69, 9.17) is 10.2 Å². The second kappa shape index (κ2) is 4.93. The van der Waals surface area contributed by atoms with Crippen molar-refractivity contribution in [1.82, 2.24) is 0 Å². The number of thiophene rings is 1. The van der Waals surface area contributed by atoms with Gasteiger partial charge in [0, 0.05) is 9.75 Å². The Kier molecular flexibility index (Phi) is 3.85. The lowest BCUT2D eigenvalue weighted by Gasteiger charge is -2.06. The fourth-order valence-electron chi connectivity index (χ4n) is 1.26. The Bertz CT molecular complexity index is 369. The molecule has 1 aromatic rings. The lowest BCUT2D eigenvalue weighted by atomic mass is 10.0. The molecule has 0 aromatic carbocycles. The molecule has 0 radical (unpaired) electrons. The van der Waals surface area contributed by atoms with E-state index in [1.807, 2.05) is 13.0 Å². The highest BCUT2D eigenvalue weighted by Gasteiger charge is 2.24. The topological polar surface area (TPSA) is 74.6 Å². The predicted molar refractivity (Wildman–Crippen MR) is 56.3 cm³/mol. The molecule has 0 amide bonds. The minimum Gasteiger partial charge on any atom is -0.481 e. The summed E-state index contributed by atoms with van der Waals surface area (Å²) in [6.07, 6.45) is 0.475. The van der Waals surface area contributed by atoms with Crippen LogP contribution in [0.3, 0.4) is 0 Å². The Balaban J connectivity index is 2.88. The largest absolute Gasteiger partial charge is 0.481 e. The van der Waals surface area contributed by atoms with Crippen molar-refractivity contribution < 1.29 is 19.8 Å². The van der Waals surface area contributed by atoms with Crippen molar-refractivity contribution in [3.05, 3.63) is 21.9 Å². The maximum Gasteiger partial charge on any atom is 0.312 e. The number of carboxylic acid groups (broad SMARTS) is 2. The fraction of sp³-hybridized carbons (Fsp3) is 0.400. The SMILES string of the molecule is CCc1ccc(C(CC(=O)O)C(=O)O)s1. The molecular weight excluding hydrogens is 216 g/mol. The fourth-order valence-corrected chi connectivity index (χ4v) is 2.30. The van der Waals surface area contributed by atoms with Crippen molar-refractivity contribution in [2.24, 2.45) is 0 Å². The van der Waals surface area contributed by atoms with Gasteiger partial charge in [0.1, 0.15) is 5.92 Å². The standard InChI is InChI=1S/C10H12O4S/c1-2-6-3-4-8(15-6)7(10(13)14)5-9(11)12/h3-4,7H,2,5H2,1H3,(H,11,12)(H,13,14). The van der Waals surface area contributed by atoms with Gasteiger partial charge in [-0.25, -0.2) is 0 Å². The Hall–Kier alpha value is -1.36. The minimum absolute atomic E-state index is 0.362. The van der Waals surface area contributed by atoms with Crippen LogP contribution in [0.25, 0.3) is 0 Å². The van der Waals surface area contributed by atoms with Crippen molar-refractivity contribution >= 4 is 23.3 Å². The molecule has 0 bridgehead atoms. The van der Waals surface area contributed by atoms with Crippen LogP contribution in [0.4, 0.5) is 0 Å². The number of carboxylic acids is 2. The van der Waals surface area contributed by atoms with E-state index in [1.54, 1.807) is 6.07 Å². The predicted octanol–water partition coefficient (Wildman–Crippen LogP) is 1.95. The average molecular weight is 228 g/mol. The molecule has 82 valence electrons. The molecule has 5 heteroatoms. The second-order valence-electron chi connectivity index (χ2n) is 3.15. The van der Waals surface area contributed by atoms with E-state index in [0.29, 0.717) is 4.88 Å². The third-order valence-electron chi connectivity index (χ3n) is 2.05. The number of hydrogen-bond donors (Lipinski definition) is 2. The van der Waals surface area contributed by atoms with Crippen LogP contribution in [0.5, 0.6) is 0 Å². The summed E-state index contributed by atoms with van der Waals surface area (Å²) in [5.74, 6) is -3.09. The highest BCUT2D eigenvalue weighted by molar-refractivity contribution is 7.12. The Morgan fingerprint density at radius 2 is 2.07 bits per heavy atom. The number of rotatable bonds is 5. The van der Waals surface area contributed by atoms with Crippen molar-refractivity contribution in [1.29, 1.82) is 0 Å². The lowest BCUT2D eigenvalue weighted by molar-refractivity contribution is -0.145. The summed E-state index contributed by atoms with van der Waals surface area (Å²) in [5.41, 5.74) is 0. The van der Waals surface area contributed by atoms with Crippen molar-refractivity contribution in [2.45, 2.75) is 25.7 Å². The normalized spacial score (nSPS) is 12.3. The molecule has 1 rings (SSSR count). The van der Waals surface area contributed by atoms with Gasteiger partial charge >= 0.3 is 11.9 Å². The molecule has 15 heavy (non-hydrogen) atoms. The van der Waals surface area contributed by atoms with Crippen molar-refractivity contribution in [2.75, 3.05) is 0 Å². The highest BCUT2D eigenvalue weighted by Crippen LogP contribution is 2.28. The van der Waals surface area contributed by atoms with Crippen molar-refractivity contribution in [3.63, 3.8) is 0 Å². The van der Waals surface area contributed by atoms with E-state index in [2.05, 4.69) is 0 Å². The molecule has 1 unspecified atom stereocenters. The van der Waals surface area contributed by atoms with Crippen LogP contribution in [0.2, 0.25) is 0 Å². The van der Waals surface area contributed by atoms with Gasteiger partial charge in [0.05, 0.1) is 6.42 Å². The minimum atomic E-state index is -1.09. The third kappa shape index (κ3) is 3.06. The van der Waals surface area contributed by atoms with Gasteiger partial charge < -0.3 is 10.2 Å². The van der Waals surface area contributed by atoms with Gasteiger partial charge in [-0.1, -0.05) is 6.92 Å². The van der Waals surface area contributed by atoms with Crippen molar-refractivity contribution in [3.8, 4) is 0 Å². The second-order valence-corrected chi connectivity index (χ2v) is 4.35. The van der Waals surface area contributed by atoms with Gasteiger partial charge in [0.2, 0.25) is 0 Å². The maximum atomic E-state index is 10.9. The molecule has 0 saturated carbocycles. The number of hydrogen-bond acceptors (Lipinski definition) is 3. The summed E-state index contributed by atoms with van der Waals surface area (Å²) in [5, 5.41) is 17.5. The van der Waals surface area contributed by atoms with E-state index in [9.17, 15) is 9.59 Å². The van der Waals surface area contributed by atoms with E-state index in [0.717, 1.165) is 11.3 Å². The Morgan fingerprint density at radius 1 is 1.40 bits per heavy atom. The van der Waals surface area contributed by atoms with E-state index >= 15 is 0 Å². The molecule has 0 aliphatic carbocycles. The van der Waals surface area contributed by atoms with Crippen LogP contribution in [-0.4, -0.2) is 22.2 Å². The molecular formula is C10H12O4S. The van der Waals surface area contributed by atoms with Gasteiger partial charge in [0.15, 0.2) is 0 Å². The van der Waals surface area contributed by atoms with Gasteiger partial charge in [-0.2, -0.15) is 0 Å². The van der Waals surface area contributed by atoms with E-state index < -0.39 is 17.9 Å². The summed E-state index contributed by atoms with van der Waals surface area (Å²) in [7, 11) is 0. The smallest absolute Gasteiger partial charge is 0.312 e. The first-order valence-electron chi connectivity index (χ1n) is 4.57. The van der Waals surface area contributed by atoms with Gasteiger partial charge in [-0.15, -0.1) is 11.3 Å². The van der Waals surface area contributed by atoms with Crippen LogP contribution in [0.15, 0.2) is 12.1 Å². The summed E-state index contributed by atoms with van der Waals surface area (Å²) < 4.78 is 0. The third-order valence-corrected chi connectivity index (χ3v) is 3.39. The molecule has 0 aliphatic rings. The molecule has 1 heterocycles. The maximum absolute atomic E-state index is 10.9. The zero-order valence-corrected chi connectivity index (χ0v) is 9.08. The van der Waals surface area contributed by atoms with Crippen LogP contribution in [-0.2, 0) is 16.0 Å². The first-order chi connectivity index (χ1) is 7.04. The van der Waals surface area contributed by atoms with Crippen LogP contribution < -0.4 is 0 Å². The lowest BCUT2D eigenvalue weighted by Crippen LogP contribution is -2.14. The summed E-state index contributed by atoms with van der Waals surface area (Å²) in [6.45, 7) is 1.97. The molecule has 0 fully saturated rings.